The number of aromatic nitrogens is 2. The van der Waals surface area contributed by atoms with Crippen LogP contribution in [-0.2, 0) is 11.2 Å². The largest absolute Gasteiger partial charge is 0.345 e. The van der Waals surface area contributed by atoms with Crippen molar-refractivity contribution in [1.29, 1.82) is 0 Å². The zero-order valence-corrected chi connectivity index (χ0v) is 18.0. The van der Waals surface area contributed by atoms with Crippen molar-refractivity contribution in [3.63, 3.8) is 0 Å². The summed E-state index contributed by atoms with van der Waals surface area (Å²) < 4.78 is 1.72. The van der Waals surface area contributed by atoms with Crippen LogP contribution in [0.4, 0.5) is 0 Å². The molecule has 0 saturated carbocycles. The first-order chi connectivity index (χ1) is 14.6. The monoisotopic (exact) mass is 419 g/mol. The number of nitrogens with zero attached hydrogens (tertiary/aromatic N) is 2. The zero-order valence-electron chi connectivity index (χ0n) is 17.2. The molecule has 0 radical (unpaired) electrons. The van der Waals surface area contributed by atoms with E-state index in [1.807, 2.05) is 74.5 Å². The van der Waals surface area contributed by atoms with E-state index in [-0.39, 0.29) is 30.0 Å². The predicted octanol–water partition coefficient (Wildman–Crippen LogP) is 4.06. The molecular formula is C24H25N3O2S. The van der Waals surface area contributed by atoms with Gasteiger partial charge in [0.2, 0.25) is 5.91 Å². The molecule has 1 N–H and O–H groups in total. The highest BCUT2D eigenvalue weighted by Crippen LogP contribution is 2.33. The Kier molecular flexibility index (Phi) is 6.04. The Morgan fingerprint density at radius 3 is 2.30 bits per heavy atom. The fraction of sp³-hybridized carbons (Fsp3) is 0.292. The molecule has 0 spiro atoms. The van der Waals surface area contributed by atoms with Crippen molar-refractivity contribution in [3.8, 4) is 0 Å². The number of hydrogen-bond donors (Lipinski definition) is 1. The van der Waals surface area contributed by atoms with E-state index in [2.05, 4.69) is 10.3 Å². The van der Waals surface area contributed by atoms with Crippen molar-refractivity contribution >= 4 is 17.7 Å². The van der Waals surface area contributed by atoms with Crippen LogP contribution in [0.5, 0.6) is 0 Å². The average Bonchev–Trinajstić information content (AvgIpc) is 3.16. The van der Waals surface area contributed by atoms with Gasteiger partial charge >= 0.3 is 0 Å². The second-order valence-electron chi connectivity index (χ2n) is 7.48. The maximum atomic E-state index is 13.0. The summed E-state index contributed by atoms with van der Waals surface area (Å²) >= 11 is 1.55. The first-order valence-corrected chi connectivity index (χ1v) is 11.2. The van der Waals surface area contributed by atoms with Crippen LogP contribution in [-0.4, -0.2) is 21.2 Å². The third-order valence-corrected chi connectivity index (χ3v) is 6.60. The summed E-state index contributed by atoms with van der Waals surface area (Å²) in [6.45, 7) is 3.85. The van der Waals surface area contributed by atoms with Crippen molar-refractivity contribution in [3.05, 3.63) is 93.4 Å². The lowest BCUT2D eigenvalue weighted by molar-refractivity contribution is -0.122. The van der Waals surface area contributed by atoms with Crippen LogP contribution in [0.1, 0.15) is 47.8 Å². The Balaban J connectivity index is 1.57. The number of carbonyl (C=O) groups is 1. The van der Waals surface area contributed by atoms with E-state index < -0.39 is 0 Å². The molecule has 2 heterocycles. The van der Waals surface area contributed by atoms with Crippen molar-refractivity contribution in [2.45, 2.75) is 43.9 Å². The van der Waals surface area contributed by atoms with Gasteiger partial charge in [0.15, 0.2) is 5.16 Å². The van der Waals surface area contributed by atoms with E-state index in [1.54, 1.807) is 16.3 Å². The summed E-state index contributed by atoms with van der Waals surface area (Å²) in [6.07, 6.45) is 0.898. The first kappa shape index (κ1) is 20.4. The van der Waals surface area contributed by atoms with Gasteiger partial charge in [0.1, 0.15) is 0 Å². The van der Waals surface area contributed by atoms with Crippen LogP contribution in [0.3, 0.4) is 0 Å². The topological polar surface area (TPSA) is 64.0 Å². The molecule has 6 heteroatoms. The van der Waals surface area contributed by atoms with Crippen LogP contribution >= 0.6 is 11.8 Å². The fourth-order valence-electron chi connectivity index (χ4n) is 3.96. The molecule has 154 valence electrons. The van der Waals surface area contributed by atoms with Gasteiger partial charge in [-0.25, -0.2) is 4.98 Å². The molecule has 4 rings (SSSR count). The number of hydrogen-bond acceptors (Lipinski definition) is 4. The summed E-state index contributed by atoms with van der Waals surface area (Å²) in [5, 5.41) is 3.90. The fourth-order valence-corrected chi connectivity index (χ4v) is 5.14. The van der Waals surface area contributed by atoms with Gasteiger partial charge in [-0.2, -0.15) is 0 Å². The van der Waals surface area contributed by atoms with Crippen molar-refractivity contribution < 1.29 is 4.79 Å². The van der Waals surface area contributed by atoms with Crippen molar-refractivity contribution in [1.82, 2.24) is 14.9 Å². The maximum Gasteiger partial charge on any atom is 0.257 e. The van der Waals surface area contributed by atoms with Gasteiger partial charge in [0.05, 0.1) is 12.1 Å². The molecule has 1 amide bonds. The van der Waals surface area contributed by atoms with E-state index in [0.717, 1.165) is 27.5 Å². The lowest BCUT2D eigenvalue weighted by Crippen LogP contribution is -2.34. The molecule has 5 nitrogen and oxygen atoms in total. The van der Waals surface area contributed by atoms with Gasteiger partial charge in [-0.05, 0) is 24.5 Å². The molecule has 3 aromatic rings. The quantitative estimate of drug-likeness (QED) is 0.612. The highest BCUT2D eigenvalue weighted by molar-refractivity contribution is 7.99. The normalized spacial score (nSPS) is 15.2. The number of amides is 1. The lowest BCUT2D eigenvalue weighted by atomic mass is 9.98. The molecule has 0 aliphatic carbocycles. The van der Waals surface area contributed by atoms with Crippen molar-refractivity contribution in [2.24, 2.45) is 0 Å². The minimum atomic E-state index is -0.229. The molecule has 1 aliphatic heterocycles. The molecule has 0 bridgehead atoms. The Labute approximate surface area is 180 Å². The van der Waals surface area contributed by atoms with Crippen LogP contribution in [0.15, 0.2) is 70.6 Å². The Morgan fingerprint density at radius 2 is 1.73 bits per heavy atom. The molecule has 0 fully saturated rings. The Bertz CT molecular complexity index is 1060. The molecule has 1 aliphatic rings. The number of aryl methyl sites for hydroxylation is 1. The van der Waals surface area contributed by atoms with E-state index in [1.165, 1.54) is 0 Å². The minimum Gasteiger partial charge on any atom is -0.345 e. The van der Waals surface area contributed by atoms with Crippen LogP contribution in [0, 0.1) is 6.92 Å². The number of fused-ring (bicyclic) bond motifs is 1. The van der Waals surface area contributed by atoms with E-state index in [0.29, 0.717) is 12.2 Å². The Hall–Kier alpha value is -2.86. The van der Waals surface area contributed by atoms with Crippen LogP contribution < -0.4 is 10.9 Å². The van der Waals surface area contributed by atoms with Gasteiger partial charge in [-0.15, -0.1) is 0 Å². The summed E-state index contributed by atoms with van der Waals surface area (Å²) in [7, 11) is 0. The summed E-state index contributed by atoms with van der Waals surface area (Å²) in [4.78, 5) is 30.6. The molecule has 1 atom stereocenters. The molecule has 0 saturated heterocycles. The third kappa shape index (κ3) is 4.05. The second kappa shape index (κ2) is 8.88. The molecule has 30 heavy (non-hydrogen) atoms. The van der Waals surface area contributed by atoms with Gasteiger partial charge in [0.25, 0.3) is 5.56 Å². The summed E-state index contributed by atoms with van der Waals surface area (Å²) in [5.41, 5.74) is 3.57. The van der Waals surface area contributed by atoms with Crippen LogP contribution in [0.2, 0.25) is 0 Å². The number of benzene rings is 2. The minimum absolute atomic E-state index is 0.00883. The van der Waals surface area contributed by atoms with Gasteiger partial charge in [-0.3, -0.25) is 14.2 Å². The standard InChI is InChI=1S/C24H25N3O2S/c1-3-20-16(2)25-24-27(23(20)29)19(15-30-24)14-21(28)26-22(17-10-6-4-7-11-17)18-12-8-5-9-13-18/h4-13,19,22H,3,14-15H2,1-2H3,(H,26,28). The molecule has 1 aromatic heterocycles. The Morgan fingerprint density at radius 1 is 1.13 bits per heavy atom. The smallest absolute Gasteiger partial charge is 0.257 e. The van der Waals surface area contributed by atoms with E-state index in [4.69, 9.17) is 0 Å². The number of carbonyl (C=O) groups excluding carboxylic acids is 1. The van der Waals surface area contributed by atoms with E-state index >= 15 is 0 Å². The molecule has 2 aromatic carbocycles. The van der Waals surface area contributed by atoms with E-state index in [9.17, 15) is 9.59 Å². The van der Waals surface area contributed by atoms with Crippen LogP contribution in [0.25, 0.3) is 0 Å². The average molecular weight is 420 g/mol. The van der Waals surface area contributed by atoms with Gasteiger partial charge < -0.3 is 5.32 Å². The molecule has 1 unspecified atom stereocenters. The predicted molar refractivity (Wildman–Crippen MR) is 120 cm³/mol. The number of thioether (sulfide) groups is 1. The molecular weight excluding hydrogens is 394 g/mol. The van der Waals surface area contributed by atoms with Gasteiger partial charge in [-0.1, -0.05) is 79.3 Å². The van der Waals surface area contributed by atoms with Gasteiger partial charge in [0, 0.05) is 23.4 Å². The highest BCUT2D eigenvalue weighted by atomic mass is 32.2. The SMILES string of the molecule is CCc1c(C)nc2n(c1=O)C(CC(=O)NC(c1ccccc1)c1ccccc1)CS2. The number of rotatable bonds is 6. The second-order valence-corrected chi connectivity index (χ2v) is 8.47. The third-order valence-electron chi connectivity index (χ3n) is 5.50. The highest BCUT2D eigenvalue weighted by Gasteiger charge is 2.29. The first-order valence-electron chi connectivity index (χ1n) is 10.2. The zero-order chi connectivity index (χ0) is 21.1. The number of nitrogens with one attached hydrogen (secondary N) is 1. The van der Waals surface area contributed by atoms with Crippen molar-refractivity contribution in [2.75, 3.05) is 5.75 Å². The maximum absolute atomic E-state index is 13.0. The summed E-state index contributed by atoms with van der Waals surface area (Å²) in [6, 6.07) is 19.5. The summed E-state index contributed by atoms with van der Waals surface area (Å²) in [5.74, 6) is 0.612. The lowest BCUT2D eigenvalue weighted by Gasteiger charge is -2.21.